The minimum absolute atomic E-state index is 0.0453. The fraction of sp³-hybridized carbons (Fsp3) is 0.700. The first-order valence-corrected chi connectivity index (χ1v) is 5.04. The molecule has 2 aliphatic rings. The molecule has 2 saturated carbocycles. The van der Waals surface area contributed by atoms with E-state index in [1.54, 1.807) is 0 Å². The van der Waals surface area contributed by atoms with Gasteiger partial charge in [0.2, 0.25) is 0 Å². The highest BCUT2D eigenvalue weighted by Gasteiger charge is 2.58. The summed E-state index contributed by atoms with van der Waals surface area (Å²) >= 11 is 5.39. The van der Waals surface area contributed by atoms with Gasteiger partial charge in [0.05, 0.1) is 0 Å². The van der Waals surface area contributed by atoms with Crippen LogP contribution in [0.2, 0.25) is 0 Å². The number of carbonyl (C=O) groups is 1. The van der Waals surface area contributed by atoms with E-state index < -0.39 is 0 Å². The molecule has 66 valence electrons. The molecular weight excluding hydrogens is 172 g/mol. The van der Waals surface area contributed by atoms with Gasteiger partial charge in [-0.1, -0.05) is 24.4 Å². The van der Waals surface area contributed by atoms with Gasteiger partial charge in [-0.15, -0.1) is 0 Å². The van der Waals surface area contributed by atoms with Crippen molar-refractivity contribution >= 4 is 17.4 Å². The number of rotatable bonds is 2. The van der Waals surface area contributed by atoms with Gasteiger partial charge >= 0.3 is 0 Å². The SMILES string of the molecule is O=C(/C=C/Cl)C12CCCCC1C2. The van der Waals surface area contributed by atoms with Crippen LogP contribution in [-0.2, 0) is 4.79 Å². The van der Waals surface area contributed by atoms with Gasteiger partial charge in [0.25, 0.3) is 0 Å². The quantitative estimate of drug-likeness (QED) is 0.604. The number of fused-ring (bicyclic) bond motifs is 1. The van der Waals surface area contributed by atoms with Crippen molar-refractivity contribution in [3.63, 3.8) is 0 Å². The zero-order chi connectivity index (χ0) is 8.60. The Morgan fingerprint density at radius 2 is 2.33 bits per heavy atom. The van der Waals surface area contributed by atoms with Crippen molar-refractivity contribution in [2.45, 2.75) is 32.1 Å². The second kappa shape index (κ2) is 2.88. The van der Waals surface area contributed by atoms with Gasteiger partial charge in [0.1, 0.15) is 0 Å². The van der Waals surface area contributed by atoms with Crippen molar-refractivity contribution in [3.05, 3.63) is 11.6 Å². The molecule has 1 nitrogen and oxygen atoms in total. The molecule has 0 amide bonds. The van der Waals surface area contributed by atoms with Gasteiger partial charge in [-0.05, 0) is 31.3 Å². The first-order valence-electron chi connectivity index (χ1n) is 4.61. The third-order valence-electron chi connectivity index (χ3n) is 3.36. The van der Waals surface area contributed by atoms with Crippen LogP contribution in [0, 0.1) is 11.3 Å². The van der Waals surface area contributed by atoms with Crippen LogP contribution in [0.3, 0.4) is 0 Å². The molecule has 0 N–H and O–H groups in total. The normalized spacial score (nSPS) is 39.6. The van der Waals surface area contributed by atoms with Crippen molar-refractivity contribution in [1.29, 1.82) is 0 Å². The Kier molecular flexibility index (Phi) is 1.99. The molecule has 0 heterocycles. The maximum Gasteiger partial charge on any atom is 0.162 e. The van der Waals surface area contributed by atoms with E-state index >= 15 is 0 Å². The van der Waals surface area contributed by atoms with Gasteiger partial charge in [0, 0.05) is 11.0 Å². The van der Waals surface area contributed by atoms with Crippen LogP contribution in [0.15, 0.2) is 11.6 Å². The summed E-state index contributed by atoms with van der Waals surface area (Å²) in [4.78, 5) is 11.6. The van der Waals surface area contributed by atoms with Crippen LogP contribution in [0.5, 0.6) is 0 Å². The van der Waals surface area contributed by atoms with Crippen LogP contribution in [-0.4, -0.2) is 5.78 Å². The number of carbonyl (C=O) groups excluding carboxylic acids is 1. The van der Waals surface area contributed by atoms with Gasteiger partial charge < -0.3 is 0 Å². The van der Waals surface area contributed by atoms with Crippen LogP contribution < -0.4 is 0 Å². The van der Waals surface area contributed by atoms with Crippen molar-refractivity contribution in [3.8, 4) is 0 Å². The highest BCUT2D eigenvalue weighted by molar-refractivity contribution is 6.27. The fourth-order valence-corrected chi connectivity index (χ4v) is 2.66. The summed E-state index contributed by atoms with van der Waals surface area (Å²) in [5.41, 5.74) is 1.39. The Morgan fingerprint density at radius 1 is 1.50 bits per heavy atom. The lowest BCUT2D eigenvalue weighted by molar-refractivity contribution is -0.120. The Balaban J connectivity index is 2.08. The second-order valence-electron chi connectivity index (χ2n) is 3.96. The number of hydrogen-bond acceptors (Lipinski definition) is 1. The second-order valence-corrected chi connectivity index (χ2v) is 4.21. The predicted molar refractivity (Wildman–Crippen MR) is 49.0 cm³/mol. The smallest absolute Gasteiger partial charge is 0.162 e. The molecule has 0 radical (unpaired) electrons. The largest absolute Gasteiger partial charge is 0.294 e. The fourth-order valence-electron chi connectivity index (χ4n) is 2.54. The molecule has 0 saturated heterocycles. The van der Waals surface area contributed by atoms with E-state index in [2.05, 4.69) is 0 Å². The van der Waals surface area contributed by atoms with E-state index in [1.165, 1.54) is 30.9 Å². The highest BCUT2D eigenvalue weighted by Crippen LogP contribution is 2.61. The molecular formula is C10H13ClO. The lowest BCUT2D eigenvalue weighted by atomic mass is 9.85. The summed E-state index contributed by atoms with van der Waals surface area (Å²) in [5.74, 6) is 0.953. The maximum atomic E-state index is 11.6. The van der Waals surface area contributed by atoms with Gasteiger partial charge in [-0.3, -0.25) is 4.79 Å². The summed E-state index contributed by atoms with van der Waals surface area (Å²) in [6, 6.07) is 0. The van der Waals surface area contributed by atoms with E-state index in [9.17, 15) is 4.79 Å². The van der Waals surface area contributed by atoms with Crippen LogP contribution in [0.25, 0.3) is 0 Å². The average molecular weight is 185 g/mol. The summed E-state index contributed by atoms with van der Waals surface area (Å²) in [6.45, 7) is 0. The molecule has 0 bridgehead atoms. The highest BCUT2D eigenvalue weighted by atomic mass is 35.5. The number of ketones is 1. The van der Waals surface area contributed by atoms with E-state index in [4.69, 9.17) is 11.6 Å². The van der Waals surface area contributed by atoms with Crippen LogP contribution >= 0.6 is 11.6 Å². The maximum absolute atomic E-state index is 11.6. The molecule has 2 heteroatoms. The van der Waals surface area contributed by atoms with Gasteiger partial charge in [0.15, 0.2) is 5.78 Å². The van der Waals surface area contributed by atoms with Crippen molar-refractivity contribution in [1.82, 2.24) is 0 Å². The summed E-state index contributed by atoms with van der Waals surface area (Å²) in [5, 5.41) is 0. The summed E-state index contributed by atoms with van der Waals surface area (Å²) in [6.07, 6.45) is 7.53. The topological polar surface area (TPSA) is 17.1 Å². The standard InChI is InChI=1S/C10H13ClO/c11-6-4-9(12)10-5-2-1-3-8(10)7-10/h4,6,8H,1-3,5,7H2/b6-4+. The van der Waals surface area contributed by atoms with Gasteiger partial charge in [-0.25, -0.2) is 0 Å². The van der Waals surface area contributed by atoms with E-state index in [-0.39, 0.29) is 11.2 Å². The third kappa shape index (κ3) is 1.11. The average Bonchev–Trinajstić information content (AvgIpc) is 2.79. The molecule has 0 aromatic heterocycles. The van der Waals surface area contributed by atoms with Crippen molar-refractivity contribution in [2.75, 3.05) is 0 Å². The zero-order valence-electron chi connectivity index (χ0n) is 7.05. The third-order valence-corrected chi connectivity index (χ3v) is 3.49. The van der Waals surface area contributed by atoms with Crippen molar-refractivity contribution < 1.29 is 4.79 Å². The molecule has 0 aliphatic heterocycles. The number of hydrogen-bond donors (Lipinski definition) is 0. The first kappa shape index (κ1) is 8.31. The Morgan fingerprint density at radius 3 is 3.00 bits per heavy atom. The molecule has 0 spiro atoms. The van der Waals surface area contributed by atoms with Gasteiger partial charge in [-0.2, -0.15) is 0 Å². The monoisotopic (exact) mass is 184 g/mol. The Hall–Kier alpha value is -0.300. The molecule has 2 fully saturated rings. The molecule has 2 atom stereocenters. The molecule has 2 unspecified atom stereocenters. The predicted octanol–water partition coefficient (Wildman–Crippen LogP) is 2.89. The van der Waals surface area contributed by atoms with Crippen molar-refractivity contribution in [2.24, 2.45) is 11.3 Å². The zero-order valence-corrected chi connectivity index (χ0v) is 7.81. The van der Waals surface area contributed by atoms with E-state index in [1.807, 2.05) is 0 Å². The minimum atomic E-state index is 0.0453. The minimum Gasteiger partial charge on any atom is -0.294 e. The van der Waals surface area contributed by atoms with E-state index in [0.717, 1.165) is 12.8 Å². The van der Waals surface area contributed by atoms with Crippen LogP contribution in [0.4, 0.5) is 0 Å². The van der Waals surface area contributed by atoms with E-state index in [0.29, 0.717) is 5.92 Å². The molecule has 0 aromatic rings. The summed E-state index contributed by atoms with van der Waals surface area (Å²) in [7, 11) is 0. The number of allylic oxidation sites excluding steroid dienone is 1. The molecule has 2 aliphatic carbocycles. The van der Waals surface area contributed by atoms with Crippen LogP contribution in [0.1, 0.15) is 32.1 Å². The Labute approximate surface area is 77.8 Å². The lowest BCUT2D eigenvalue weighted by Gasteiger charge is -2.18. The molecule has 0 aromatic carbocycles. The molecule has 12 heavy (non-hydrogen) atoms. The first-order chi connectivity index (χ1) is 5.79. The lowest BCUT2D eigenvalue weighted by Crippen LogP contribution is -2.18. The summed E-state index contributed by atoms with van der Waals surface area (Å²) < 4.78 is 0. The number of halogens is 1. The molecule has 2 rings (SSSR count). The Bertz CT molecular complexity index is 234.